The van der Waals surface area contributed by atoms with Gasteiger partial charge in [0.15, 0.2) is 0 Å². The average molecular weight is 381 g/mol. The van der Waals surface area contributed by atoms with E-state index in [0.29, 0.717) is 0 Å². The Morgan fingerprint density at radius 3 is 0.778 bits per heavy atom. The van der Waals surface area contributed by atoms with Gasteiger partial charge in [0.2, 0.25) is 0 Å². The molecule has 0 amide bonds. The Labute approximate surface area is 174 Å². The van der Waals surface area contributed by atoms with Crippen molar-refractivity contribution in [3.05, 3.63) is 0 Å². The topological polar surface area (TPSA) is 0 Å². The van der Waals surface area contributed by atoms with E-state index in [9.17, 15) is 0 Å². The maximum atomic E-state index is 2.53. The summed E-state index contributed by atoms with van der Waals surface area (Å²) >= 11 is 0. The Morgan fingerprint density at radius 2 is 0.556 bits per heavy atom. The molecule has 0 aliphatic rings. The van der Waals surface area contributed by atoms with E-state index < -0.39 is 0 Å². The monoisotopic (exact) mass is 380 g/mol. The highest BCUT2D eigenvalue weighted by Crippen LogP contribution is 2.42. The van der Waals surface area contributed by atoms with Crippen molar-refractivity contribution in [2.75, 3.05) is 0 Å². The average Bonchev–Trinajstić information content (AvgIpc) is 2.66. The van der Waals surface area contributed by atoms with Gasteiger partial charge in [-0.2, -0.15) is 0 Å². The van der Waals surface area contributed by atoms with E-state index in [1.807, 2.05) is 0 Å². The number of hydrogen-bond acceptors (Lipinski definition) is 0. The molecule has 11 atom stereocenters. The fourth-order valence-electron chi connectivity index (χ4n) is 5.33. The normalized spacial score (nSPS) is 25.0. The second kappa shape index (κ2) is 11.9. The lowest BCUT2D eigenvalue weighted by Gasteiger charge is -2.42. The lowest BCUT2D eigenvalue weighted by molar-refractivity contribution is 0.0697. The predicted octanol–water partition coefficient (Wildman–Crippen LogP) is 9.05. The zero-order valence-electron chi connectivity index (χ0n) is 21.6. The van der Waals surface area contributed by atoms with Gasteiger partial charge < -0.3 is 0 Å². The highest BCUT2D eigenvalue weighted by atomic mass is 14.4. The van der Waals surface area contributed by atoms with E-state index in [0.717, 1.165) is 71.0 Å². The second-order valence-corrected chi connectivity index (χ2v) is 11.2. The van der Waals surface area contributed by atoms with E-state index in [1.54, 1.807) is 0 Å². The number of hydrogen-bond donors (Lipinski definition) is 0. The lowest BCUT2D eigenvalue weighted by atomic mass is 9.64. The molecule has 0 saturated heterocycles. The zero-order valence-corrected chi connectivity index (χ0v) is 21.6. The first-order valence-electron chi connectivity index (χ1n) is 12.3. The largest absolute Gasteiger partial charge is 0.0651 e. The Hall–Kier alpha value is 0. The standard InChI is InChI=1S/C27H56/c1-15-17(4)19(6)21(8)23(10)25(12)27(14)26(13)24(11)22(9)20(7)18(5)16(2)3/h16-27H,15H2,1-14H3. The van der Waals surface area contributed by atoms with Crippen LogP contribution in [0.3, 0.4) is 0 Å². The van der Waals surface area contributed by atoms with E-state index >= 15 is 0 Å². The summed E-state index contributed by atoms with van der Waals surface area (Å²) < 4.78 is 0. The maximum Gasteiger partial charge on any atom is -0.0386 e. The molecular formula is C27H56. The lowest BCUT2D eigenvalue weighted by Crippen LogP contribution is -2.35. The van der Waals surface area contributed by atoms with Gasteiger partial charge in [0.1, 0.15) is 0 Å². The molecule has 0 aromatic carbocycles. The summed E-state index contributed by atoms with van der Waals surface area (Å²) in [6.07, 6.45) is 1.30. The molecule has 0 saturated carbocycles. The minimum Gasteiger partial charge on any atom is -0.0651 e. The molecule has 0 fully saturated rings. The molecule has 0 aliphatic carbocycles. The summed E-state index contributed by atoms with van der Waals surface area (Å²) in [5.74, 6) is 9.56. The summed E-state index contributed by atoms with van der Waals surface area (Å²) in [6, 6.07) is 0. The van der Waals surface area contributed by atoms with Crippen LogP contribution in [0.4, 0.5) is 0 Å². The summed E-state index contributed by atoms with van der Waals surface area (Å²) in [5, 5.41) is 0. The van der Waals surface area contributed by atoms with E-state index in [1.165, 1.54) is 6.42 Å². The molecule has 0 aromatic rings. The van der Waals surface area contributed by atoms with Crippen molar-refractivity contribution in [1.29, 1.82) is 0 Å². The van der Waals surface area contributed by atoms with Crippen LogP contribution in [0, 0.1) is 71.0 Å². The Kier molecular flexibility index (Phi) is 11.9. The number of rotatable bonds is 12. The van der Waals surface area contributed by atoms with Gasteiger partial charge in [-0.05, 0) is 71.0 Å². The Morgan fingerprint density at radius 1 is 0.333 bits per heavy atom. The molecule has 0 aliphatic heterocycles. The maximum absolute atomic E-state index is 2.53. The molecule has 0 aromatic heterocycles. The second-order valence-electron chi connectivity index (χ2n) is 11.2. The van der Waals surface area contributed by atoms with E-state index in [2.05, 4.69) is 96.9 Å². The van der Waals surface area contributed by atoms with Crippen LogP contribution in [0.15, 0.2) is 0 Å². The molecule has 0 rings (SSSR count). The summed E-state index contributed by atoms with van der Waals surface area (Å²) in [7, 11) is 0. The Balaban J connectivity index is 5.06. The molecule has 0 spiro atoms. The predicted molar refractivity (Wildman–Crippen MR) is 126 cm³/mol. The van der Waals surface area contributed by atoms with Crippen LogP contribution in [0.5, 0.6) is 0 Å². The van der Waals surface area contributed by atoms with Crippen LogP contribution in [-0.2, 0) is 0 Å². The van der Waals surface area contributed by atoms with Crippen LogP contribution in [0.25, 0.3) is 0 Å². The van der Waals surface area contributed by atoms with Crippen molar-refractivity contribution >= 4 is 0 Å². The molecule has 0 radical (unpaired) electrons. The van der Waals surface area contributed by atoms with Gasteiger partial charge in [-0.15, -0.1) is 0 Å². The first kappa shape index (κ1) is 27.0. The van der Waals surface area contributed by atoms with E-state index in [4.69, 9.17) is 0 Å². The first-order chi connectivity index (χ1) is 12.3. The highest BCUT2D eigenvalue weighted by molar-refractivity contribution is 4.84. The van der Waals surface area contributed by atoms with Gasteiger partial charge in [0, 0.05) is 0 Å². The van der Waals surface area contributed by atoms with Gasteiger partial charge >= 0.3 is 0 Å². The third-order valence-electron chi connectivity index (χ3n) is 10.1. The smallest absolute Gasteiger partial charge is 0.0386 e. The molecular weight excluding hydrogens is 324 g/mol. The van der Waals surface area contributed by atoms with Gasteiger partial charge in [-0.25, -0.2) is 0 Å². The molecule has 27 heavy (non-hydrogen) atoms. The fourth-order valence-corrected chi connectivity index (χ4v) is 5.33. The molecule has 0 heteroatoms. The van der Waals surface area contributed by atoms with Crippen molar-refractivity contribution < 1.29 is 0 Å². The van der Waals surface area contributed by atoms with Crippen molar-refractivity contribution in [2.45, 2.75) is 103 Å². The minimum absolute atomic E-state index is 0.782. The van der Waals surface area contributed by atoms with Crippen molar-refractivity contribution in [3.8, 4) is 0 Å². The van der Waals surface area contributed by atoms with Crippen molar-refractivity contribution in [3.63, 3.8) is 0 Å². The zero-order chi connectivity index (χ0) is 21.6. The molecule has 0 nitrogen and oxygen atoms in total. The van der Waals surface area contributed by atoms with Crippen molar-refractivity contribution in [2.24, 2.45) is 71.0 Å². The van der Waals surface area contributed by atoms with Crippen LogP contribution in [0.1, 0.15) is 103 Å². The van der Waals surface area contributed by atoms with Crippen LogP contribution in [-0.4, -0.2) is 0 Å². The first-order valence-corrected chi connectivity index (χ1v) is 12.3. The molecule has 0 N–H and O–H groups in total. The Bertz CT molecular complexity index is 383. The SMILES string of the molecule is CCC(C)C(C)C(C)C(C)C(C)C(C)C(C)C(C)C(C)C(C)C(C)C(C)C. The van der Waals surface area contributed by atoms with E-state index in [-0.39, 0.29) is 0 Å². The minimum atomic E-state index is 0.782. The summed E-state index contributed by atoms with van der Waals surface area (Å²) in [5.41, 5.74) is 0. The molecule has 0 bridgehead atoms. The van der Waals surface area contributed by atoms with Crippen LogP contribution >= 0.6 is 0 Å². The molecule has 0 heterocycles. The highest BCUT2D eigenvalue weighted by Gasteiger charge is 2.35. The summed E-state index contributed by atoms with van der Waals surface area (Å²) in [4.78, 5) is 0. The van der Waals surface area contributed by atoms with Crippen LogP contribution in [0.2, 0.25) is 0 Å². The quantitative estimate of drug-likeness (QED) is 0.317. The van der Waals surface area contributed by atoms with Crippen molar-refractivity contribution in [1.82, 2.24) is 0 Å². The van der Waals surface area contributed by atoms with Gasteiger partial charge in [-0.3, -0.25) is 0 Å². The third kappa shape index (κ3) is 7.08. The van der Waals surface area contributed by atoms with Crippen LogP contribution < -0.4 is 0 Å². The molecule has 164 valence electrons. The third-order valence-corrected chi connectivity index (χ3v) is 10.1. The van der Waals surface area contributed by atoms with Gasteiger partial charge in [0.05, 0.1) is 0 Å². The fraction of sp³-hybridized carbons (Fsp3) is 1.00. The molecule has 11 unspecified atom stereocenters. The van der Waals surface area contributed by atoms with Gasteiger partial charge in [-0.1, -0.05) is 103 Å². The van der Waals surface area contributed by atoms with Gasteiger partial charge in [0.25, 0.3) is 0 Å². The summed E-state index contributed by atoms with van der Waals surface area (Å²) in [6.45, 7) is 34.6.